The molecule has 0 fully saturated rings. The van der Waals surface area contributed by atoms with Crippen LogP contribution in [0.3, 0.4) is 0 Å². The first-order valence-electron chi connectivity index (χ1n) is 7.77. The van der Waals surface area contributed by atoms with Crippen molar-refractivity contribution in [2.45, 2.75) is 33.2 Å². The number of fused-ring (bicyclic) bond motifs is 1. The maximum absolute atomic E-state index is 14.6. The Morgan fingerprint density at radius 3 is 2.72 bits per heavy atom. The van der Waals surface area contributed by atoms with Gasteiger partial charge in [0.2, 0.25) is 5.91 Å². The molecule has 1 aromatic carbocycles. The molecule has 1 aromatic heterocycles. The normalized spacial score (nSPS) is 12.6. The predicted molar refractivity (Wildman–Crippen MR) is 101 cm³/mol. The van der Waals surface area contributed by atoms with Gasteiger partial charge in [-0.1, -0.05) is 6.07 Å². The number of nitrogens with zero attached hydrogens (tertiary/aromatic N) is 2. The van der Waals surface area contributed by atoms with Crippen molar-refractivity contribution in [1.82, 2.24) is 15.1 Å². The lowest BCUT2D eigenvalue weighted by molar-refractivity contribution is -0.115. The van der Waals surface area contributed by atoms with E-state index in [-0.39, 0.29) is 48.6 Å². The maximum Gasteiger partial charge on any atom is 0.229 e. The van der Waals surface area contributed by atoms with E-state index in [0.29, 0.717) is 18.5 Å². The van der Waals surface area contributed by atoms with Crippen LogP contribution >= 0.6 is 24.8 Å². The van der Waals surface area contributed by atoms with Crippen molar-refractivity contribution < 1.29 is 9.18 Å². The molecule has 25 heavy (non-hydrogen) atoms. The number of hydrogen-bond acceptors (Lipinski definition) is 3. The van der Waals surface area contributed by atoms with E-state index < -0.39 is 0 Å². The Bertz CT molecular complexity index is 776. The van der Waals surface area contributed by atoms with Gasteiger partial charge < -0.3 is 10.6 Å². The Morgan fingerprint density at radius 2 is 2.08 bits per heavy atom. The Balaban J connectivity index is 0.00000156. The monoisotopic (exact) mass is 388 g/mol. The number of hydrogen-bond donors (Lipinski definition) is 2. The van der Waals surface area contributed by atoms with E-state index in [1.54, 1.807) is 10.7 Å². The molecule has 1 aliphatic rings. The van der Waals surface area contributed by atoms with E-state index in [4.69, 9.17) is 0 Å². The van der Waals surface area contributed by atoms with Crippen LogP contribution in [0.2, 0.25) is 0 Å². The van der Waals surface area contributed by atoms with Gasteiger partial charge in [0, 0.05) is 24.8 Å². The minimum absolute atomic E-state index is 0. The number of benzene rings is 1. The highest BCUT2D eigenvalue weighted by Crippen LogP contribution is 2.25. The van der Waals surface area contributed by atoms with Crippen LogP contribution in [0.4, 0.5) is 10.1 Å². The number of carbonyl (C=O) groups excluding carboxylic acids is 1. The summed E-state index contributed by atoms with van der Waals surface area (Å²) >= 11 is 0. The van der Waals surface area contributed by atoms with Crippen molar-refractivity contribution >= 4 is 36.4 Å². The molecular weight excluding hydrogens is 366 g/mol. The quantitative estimate of drug-likeness (QED) is 0.849. The molecule has 8 heteroatoms. The van der Waals surface area contributed by atoms with Gasteiger partial charge >= 0.3 is 0 Å². The maximum atomic E-state index is 14.6. The highest BCUT2D eigenvalue weighted by Gasteiger charge is 2.19. The molecule has 0 aliphatic carbocycles. The van der Waals surface area contributed by atoms with Gasteiger partial charge in [-0.15, -0.1) is 24.8 Å². The second-order valence-electron chi connectivity index (χ2n) is 5.99. The van der Waals surface area contributed by atoms with Crippen LogP contribution in [0.25, 0.3) is 0 Å². The van der Waals surface area contributed by atoms with Crippen LogP contribution in [0.1, 0.15) is 28.1 Å². The predicted octanol–water partition coefficient (Wildman–Crippen LogP) is 2.85. The minimum Gasteiger partial charge on any atom is -0.323 e. The summed E-state index contributed by atoms with van der Waals surface area (Å²) in [6.07, 6.45) is 0.843. The highest BCUT2D eigenvalue weighted by atomic mass is 35.5. The molecule has 3 rings (SSSR count). The zero-order chi connectivity index (χ0) is 16.6. The molecule has 2 N–H and O–H groups in total. The summed E-state index contributed by atoms with van der Waals surface area (Å²) in [5.74, 6) is -0.533. The number of aromatic nitrogens is 2. The molecule has 0 atom stereocenters. The lowest BCUT2D eigenvalue weighted by Gasteiger charge is -2.19. The van der Waals surface area contributed by atoms with Crippen molar-refractivity contribution in [1.29, 1.82) is 0 Å². The number of aryl methyl sites for hydroxylation is 2. The Labute approximate surface area is 159 Å². The Hall–Kier alpha value is -1.63. The van der Waals surface area contributed by atoms with Crippen LogP contribution < -0.4 is 10.6 Å². The second-order valence-corrected chi connectivity index (χ2v) is 5.99. The van der Waals surface area contributed by atoms with Crippen LogP contribution in [-0.4, -0.2) is 22.2 Å². The van der Waals surface area contributed by atoms with Gasteiger partial charge in [0.05, 0.1) is 17.8 Å². The first kappa shape index (κ1) is 21.4. The summed E-state index contributed by atoms with van der Waals surface area (Å²) in [7, 11) is 1.85. The molecule has 138 valence electrons. The number of anilines is 1. The first-order chi connectivity index (χ1) is 11.0. The molecular formula is C17H23Cl2FN4O. The smallest absolute Gasteiger partial charge is 0.229 e. The largest absolute Gasteiger partial charge is 0.323 e. The highest BCUT2D eigenvalue weighted by molar-refractivity contribution is 5.92. The van der Waals surface area contributed by atoms with E-state index in [2.05, 4.69) is 15.7 Å². The molecule has 0 radical (unpaired) electrons. The fraction of sp³-hybridized carbons (Fsp3) is 0.412. The van der Waals surface area contributed by atoms with Gasteiger partial charge in [-0.25, -0.2) is 4.39 Å². The number of carbonyl (C=O) groups is 1. The zero-order valence-corrected chi connectivity index (χ0v) is 16.1. The summed E-state index contributed by atoms with van der Waals surface area (Å²) < 4.78 is 16.3. The van der Waals surface area contributed by atoms with Crippen molar-refractivity contribution in [3.05, 3.63) is 46.0 Å². The van der Waals surface area contributed by atoms with E-state index in [1.807, 2.05) is 27.0 Å². The van der Waals surface area contributed by atoms with Crippen LogP contribution in [0, 0.1) is 19.7 Å². The van der Waals surface area contributed by atoms with E-state index in [1.165, 1.54) is 0 Å². The summed E-state index contributed by atoms with van der Waals surface area (Å²) in [4.78, 5) is 12.3. The molecule has 5 nitrogen and oxygen atoms in total. The van der Waals surface area contributed by atoms with Crippen molar-refractivity contribution in [3.63, 3.8) is 0 Å². The number of nitrogens with one attached hydrogen (secondary N) is 2. The van der Waals surface area contributed by atoms with E-state index in [0.717, 1.165) is 29.1 Å². The molecule has 0 saturated carbocycles. The first-order valence-corrected chi connectivity index (χ1v) is 7.77. The van der Waals surface area contributed by atoms with Gasteiger partial charge in [0.1, 0.15) is 5.82 Å². The summed E-state index contributed by atoms with van der Waals surface area (Å²) in [5.41, 5.74) is 4.61. The number of halogens is 3. The van der Waals surface area contributed by atoms with Gasteiger partial charge in [-0.3, -0.25) is 9.48 Å². The summed E-state index contributed by atoms with van der Waals surface area (Å²) in [6, 6.07) is 3.52. The second kappa shape index (κ2) is 8.65. The lowest BCUT2D eigenvalue weighted by Crippen LogP contribution is -2.25. The molecule has 0 bridgehead atoms. The Morgan fingerprint density at radius 1 is 1.36 bits per heavy atom. The SMILES string of the molecule is Cc1nn(C)c(C)c1CC(=O)Nc1ccc2c(c1F)CCNC2.Cl.Cl. The fourth-order valence-corrected chi connectivity index (χ4v) is 3.06. The van der Waals surface area contributed by atoms with E-state index >= 15 is 0 Å². The van der Waals surface area contributed by atoms with Crippen LogP contribution in [0.5, 0.6) is 0 Å². The standard InChI is InChI=1S/C17H21FN4O.2ClH/c1-10-14(11(2)22(3)21-10)8-16(23)20-15-5-4-12-9-19-7-6-13(12)17(15)18;;/h4-5,19H,6-9H2,1-3H3,(H,20,23);2*1H. The van der Waals surface area contributed by atoms with Crippen molar-refractivity contribution in [2.24, 2.45) is 7.05 Å². The topological polar surface area (TPSA) is 59.0 Å². The lowest BCUT2D eigenvalue weighted by atomic mass is 9.99. The molecule has 0 saturated heterocycles. The number of rotatable bonds is 3. The third-order valence-electron chi connectivity index (χ3n) is 4.48. The average Bonchev–Trinajstić information content (AvgIpc) is 2.77. The van der Waals surface area contributed by atoms with Crippen molar-refractivity contribution in [2.75, 3.05) is 11.9 Å². The Kier molecular flexibility index (Phi) is 7.41. The van der Waals surface area contributed by atoms with E-state index in [9.17, 15) is 9.18 Å². The van der Waals surface area contributed by atoms with Gasteiger partial charge in [0.15, 0.2) is 0 Å². The fourth-order valence-electron chi connectivity index (χ4n) is 3.06. The third-order valence-corrected chi connectivity index (χ3v) is 4.48. The molecule has 2 aromatic rings. The van der Waals surface area contributed by atoms with Gasteiger partial charge in [0.25, 0.3) is 0 Å². The molecule has 1 amide bonds. The van der Waals surface area contributed by atoms with Gasteiger partial charge in [-0.05, 0) is 44.0 Å². The minimum atomic E-state index is -0.308. The van der Waals surface area contributed by atoms with Crippen molar-refractivity contribution in [3.8, 4) is 0 Å². The zero-order valence-electron chi connectivity index (χ0n) is 14.5. The molecule has 1 aliphatic heterocycles. The number of amides is 1. The average molecular weight is 389 g/mol. The van der Waals surface area contributed by atoms with Gasteiger partial charge in [-0.2, -0.15) is 5.10 Å². The molecule has 2 heterocycles. The van der Waals surface area contributed by atoms with Crippen LogP contribution in [-0.2, 0) is 31.2 Å². The summed E-state index contributed by atoms with van der Waals surface area (Å²) in [6.45, 7) is 5.24. The molecule has 0 spiro atoms. The third kappa shape index (κ3) is 4.32. The molecule has 0 unspecified atom stereocenters. The summed E-state index contributed by atoms with van der Waals surface area (Å²) in [5, 5.41) is 10.2. The van der Waals surface area contributed by atoms with Crippen LogP contribution in [0.15, 0.2) is 12.1 Å².